The Morgan fingerprint density at radius 3 is 2.94 bits per heavy atom. The van der Waals surface area contributed by atoms with E-state index >= 15 is 0 Å². The molecule has 0 spiro atoms. The van der Waals surface area contributed by atoms with Crippen LogP contribution < -0.4 is 5.32 Å². The van der Waals surface area contributed by atoms with Crippen LogP contribution in [0.4, 0.5) is 0 Å². The molecule has 0 heterocycles. The highest BCUT2D eigenvalue weighted by molar-refractivity contribution is 9.10. The van der Waals surface area contributed by atoms with Crippen molar-refractivity contribution in [3.8, 4) is 0 Å². The first-order valence-corrected chi connectivity index (χ1v) is 6.61. The van der Waals surface area contributed by atoms with E-state index < -0.39 is 0 Å². The summed E-state index contributed by atoms with van der Waals surface area (Å²) in [4.78, 5) is 0. The molecule has 0 aliphatic heterocycles. The Balaban J connectivity index is 2.55. The minimum atomic E-state index is 0.149. The number of halogens is 2. The fourth-order valence-corrected chi connectivity index (χ4v) is 2.12. The Labute approximate surface area is 115 Å². The minimum absolute atomic E-state index is 0.149. The Morgan fingerprint density at radius 2 is 2.29 bits per heavy atom. The van der Waals surface area contributed by atoms with Gasteiger partial charge in [0.1, 0.15) is 0 Å². The van der Waals surface area contributed by atoms with Gasteiger partial charge in [0.2, 0.25) is 0 Å². The fraction of sp³-hybridized carbons (Fsp3) is 0.500. The molecule has 96 valence electrons. The first-order valence-electron chi connectivity index (χ1n) is 5.44. The zero-order valence-electron chi connectivity index (χ0n) is 9.75. The third-order valence-electron chi connectivity index (χ3n) is 2.43. The van der Waals surface area contributed by atoms with Gasteiger partial charge in [-0.3, -0.25) is 0 Å². The number of aliphatic hydroxyl groups excluding tert-OH is 1. The number of hydrogen-bond donors (Lipinski definition) is 2. The van der Waals surface area contributed by atoms with Crippen LogP contribution in [0.25, 0.3) is 0 Å². The molecular formula is C12H17BrClNO2. The van der Waals surface area contributed by atoms with Gasteiger partial charge in [0.25, 0.3) is 0 Å². The van der Waals surface area contributed by atoms with Crippen molar-refractivity contribution in [2.45, 2.75) is 19.0 Å². The smallest absolute Gasteiger partial charge is 0.0616 e. The van der Waals surface area contributed by atoms with Gasteiger partial charge in [-0.25, -0.2) is 0 Å². The lowest BCUT2D eigenvalue weighted by molar-refractivity contribution is 0.148. The molecule has 17 heavy (non-hydrogen) atoms. The fourth-order valence-electron chi connectivity index (χ4n) is 1.53. The lowest BCUT2D eigenvalue weighted by Crippen LogP contribution is -2.33. The molecule has 2 N–H and O–H groups in total. The van der Waals surface area contributed by atoms with Gasteiger partial charge in [0.15, 0.2) is 0 Å². The maximum atomic E-state index is 8.93. The third kappa shape index (κ3) is 5.36. The third-order valence-corrected chi connectivity index (χ3v) is 3.44. The van der Waals surface area contributed by atoms with E-state index in [0.717, 1.165) is 15.1 Å². The van der Waals surface area contributed by atoms with Gasteiger partial charge in [-0.15, -0.1) is 0 Å². The van der Waals surface area contributed by atoms with Gasteiger partial charge in [-0.05, 0) is 30.2 Å². The molecule has 1 rings (SSSR count). The minimum Gasteiger partial charge on any atom is -0.396 e. The van der Waals surface area contributed by atoms with Crippen LogP contribution in [-0.4, -0.2) is 31.5 Å². The number of rotatable bonds is 7. The number of benzene rings is 1. The van der Waals surface area contributed by atoms with E-state index in [0.29, 0.717) is 19.6 Å². The Kier molecular flexibility index (Phi) is 7.08. The maximum Gasteiger partial charge on any atom is 0.0616 e. The van der Waals surface area contributed by atoms with Crippen LogP contribution in [-0.2, 0) is 11.3 Å². The van der Waals surface area contributed by atoms with Gasteiger partial charge in [-0.2, -0.15) is 0 Å². The Bertz CT molecular complexity index is 343. The van der Waals surface area contributed by atoms with Crippen LogP contribution >= 0.6 is 27.5 Å². The van der Waals surface area contributed by atoms with Crippen LogP contribution in [0.5, 0.6) is 0 Å². The zero-order chi connectivity index (χ0) is 12.7. The molecule has 0 aliphatic carbocycles. The largest absolute Gasteiger partial charge is 0.396 e. The van der Waals surface area contributed by atoms with Crippen molar-refractivity contribution in [1.29, 1.82) is 0 Å². The first kappa shape index (κ1) is 14.9. The summed E-state index contributed by atoms with van der Waals surface area (Å²) in [5.74, 6) is 0. The predicted molar refractivity (Wildman–Crippen MR) is 73.4 cm³/mol. The number of hydrogen-bond acceptors (Lipinski definition) is 3. The van der Waals surface area contributed by atoms with Crippen LogP contribution in [0.15, 0.2) is 22.7 Å². The summed E-state index contributed by atoms with van der Waals surface area (Å²) < 4.78 is 6.11. The Morgan fingerprint density at radius 1 is 1.53 bits per heavy atom. The molecule has 0 amide bonds. The molecule has 3 nitrogen and oxygen atoms in total. The number of methoxy groups -OCH3 is 1. The van der Waals surface area contributed by atoms with E-state index in [4.69, 9.17) is 21.4 Å². The Hall–Kier alpha value is -0.130. The number of aliphatic hydroxyl groups is 1. The molecule has 5 heteroatoms. The average molecular weight is 323 g/mol. The monoisotopic (exact) mass is 321 g/mol. The van der Waals surface area contributed by atoms with E-state index in [1.165, 1.54) is 0 Å². The molecule has 1 atom stereocenters. The van der Waals surface area contributed by atoms with Gasteiger partial charge in [0, 0.05) is 35.8 Å². The first-order chi connectivity index (χ1) is 8.17. The van der Waals surface area contributed by atoms with E-state index in [9.17, 15) is 0 Å². The quantitative estimate of drug-likeness (QED) is 0.811. The lowest BCUT2D eigenvalue weighted by atomic mass is 10.2. The van der Waals surface area contributed by atoms with Gasteiger partial charge < -0.3 is 15.2 Å². The van der Waals surface area contributed by atoms with Crippen molar-refractivity contribution in [3.05, 3.63) is 33.3 Å². The van der Waals surface area contributed by atoms with Crippen molar-refractivity contribution >= 4 is 27.5 Å². The normalized spacial score (nSPS) is 12.7. The molecule has 0 radical (unpaired) electrons. The highest BCUT2D eigenvalue weighted by atomic mass is 79.9. The summed E-state index contributed by atoms with van der Waals surface area (Å²) in [5.41, 5.74) is 1.09. The molecule has 0 aromatic heterocycles. The van der Waals surface area contributed by atoms with Gasteiger partial charge >= 0.3 is 0 Å². The van der Waals surface area contributed by atoms with Crippen molar-refractivity contribution in [2.24, 2.45) is 0 Å². The second-order valence-electron chi connectivity index (χ2n) is 3.78. The maximum absolute atomic E-state index is 8.93. The van der Waals surface area contributed by atoms with Gasteiger partial charge in [0.05, 0.1) is 6.61 Å². The van der Waals surface area contributed by atoms with Crippen LogP contribution in [0.2, 0.25) is 5.02 Å². The summed E-state index contributed by atoms with van der Waals surface area (Å²) in [6.45, 7) is 1.42. The molecule has 1 unspecified atom stereocenters. The van der Waals surface area contributed by atoms with Crippen LogP contribution in [0.1, 0.15) is 12.0 Å². The lowest BCUT2D eigenvalue weighted by Gasteiger charge is -2.17. The summed E-state index contributed by atoms with van der Waals surface area (Å²) in [6.07, 6.45) is 0.673. The van der Waals surface area contributed by atoms with Crippen LogP contribution in [0, 0.1) is 0 Å². The summed E-state index contributed by atoms with van der Waals surface area (Å²) in [7, 11) is 1.65. The van der Waals surface area contributed by atoms with E-state index in [1.807, 2.05) is 18.2 Å². The molecule has 0 saturated heterocycles. The summed E-state index contributed by atoms with van der Waals surface area (Å²) in [6, 6.07) is 5.84. The molecular weight excluding hydrogens is 305 g/mol. The van der Waals surface area contributed by atoms with Crippen LogP contribution in [0.3, 0.4) is 0 Å². The number of ether oxygens (including phenoxy) is 1. The molecule has 1 aromatic rings. The standard InChI is InChI=1S/C12H17BrClNO2/c1-17-8-11(4-5-16)15-7-9-6-10(14)2-3-12(9)13/h2-3,6,11,15-16H,4-5,7-8H2,1H3. The molecule has 1 aromatic carbocycles. The predicted octanol–water partition coefficient (Wildman–Crippen LogP) is 2.59. The number of nitrogens with one attached hydrogen (secondary N) is 1. The van der Waals surface area contributed by atoms with E-state index in [-0.39, 0.29) is 12.6 Å². The highest BCUT2D eigenvalue weighted by Gasteiger charge is 2.08. The SMILES string of the molecule is COCC(CCO)NCc1cc(Cl)ccc1Br. The van der Waals surface area contributed by atoms with E-state index in [2.05, 4.69) is 21.2 Å². The van der Waals surface area contributed by atoms with Crippen molar-refractivity contribution in [1.82, 2.24) is 5.32 Å². The topological polar surface area (TPSA) is 41.5 Å². The second-order valence-corrected chi connectivity index (χ2v) is 5.07. The van der Waals surface area contributed by atoms with Crippen molar-refractivity contribution in [2.75, 3.05) is 20.3 Å². The highest BCUT2D eigenvalue weighted by Crippen LogP contribution is 2.21. The molecule has 0 aliphatic rings. The van der Waals surface area contributed by atoms with Crippen molar-refractivity contribution < 1.29 is 9.84 Å². The average Bonchev–Trinajstić information content (AvgIpc) is 2.30. The molecule has 0 fully saturated rings. The summed E-state index contributed by atoms with van der Waals surface area (Å²) >= 11 is 9.42. The molecule has 0 saturated carbocycles. The van der Waals surface area contributed by atoms with E-state index in [1.54, 1.807) is 7.11 Å². The summed E-state index contributed by atoms with van der Waals surface area (Å²) in [5, 5.41) is 13.0. The second kappa shape index (κ2) is 8.06. The van der Waals surface area contributed by atoms with Gasteiger partial charge in [-0.1, -0.05) is 27.5 Å². The van der Waals surface area contributed by atoms with Crippen molar-refractivity contribution in [3.63, 3.8) is 0 Å². The molecule has 0 bridgehead atoms. The zero-order valence-corrected chi connectivity index (χ0v) is 12.1.